The monoisotopic (exact) mass is 244 g/mol. The van der Waals surface area contributed by atoms with Crippen molar-refractivity contribution < 1.29 is 12.8 Å². The van der Waals surface area contributed by atoms with E-state index in [9.17, 15) is 8.42 Å². The minimum atomic E-state index is -2.88. The largest absolute Gasteiger partial charge is 0.445 e. The second-order valence-corrected chi connectivity index (χ2v) is 6.43. The van der Waals surface area contributed by atoms with Crippen LogP contribution in [-0.4, -0.2) is 31.5 Å². The highest BCUT2D eigenvalue weighted by Crippen LogP contribution is 2.29. The normalized spacial score (nSPS) is 23.8. The zero-order chi connectivity index (χ0) is 11.8. The van der Waals surface area contributed by atoms with E-state index in [1.807, 2.05) is 6.92 Å². The van der Waals surface area contributed by atoms with E-state index in [1.165, 1.54) is 0 Å². The van der Waals surface area contributed by atoms with Crippen LogP contribution in [0, 0.1) is 6.92 Å². The van der Waals surface area contributed by atoms with Gasteiger partial charge in [-0.3, -0.25) is 0 Å². The van der Waals surface area contributed by atoms with Crippen molar-refractivity contribution in [3.05, 3.63) is 17.3 Å². The average Bonchev–Trinajstić information content (AvgIpc) is 2.72. The molecule has 1 aromatic heterocycles. The van der Waals surface area contributed by atoms with Gasteiger partial charge in [0.05, 0.1) is 23.1 Å². The maximum atomic E-state index is 11.3. The Balaban J connectivity index is 2.19. The molecule has 1 fully saturated rings. The number of nitrogens with zero attached hydrogens (tertiary/aromatic N) is 1. The summed E-state index contributed by atoms with van der Waals surface area (Å²) in [4.78, 5) is 4.29. The molecule has 1 aromatic rings. The van der Waals surface area contributed by atoms with Crippen molar-refractivity contribution in [1.82, 2.24) is 4.98 Å². The molecule has 1 atom stereocenters. The van der Waals surface area contributed by atoms with Crippen LogP contribution in [-0.2, 0) is 16.3 Å². The molecule has 0 spiro atoms. The number of aromatic nitrogens is 1. The van der Waals surface area contributed by atoms with Gasteiger partial charge >= 0.3 is 0 Å². The van der Waals surface area contributed by atoms with Gasteiger partial charge in [-0.2, -0.15) is 0 Å². The molecule has 1 aliphatic rings. The maximum Gasteiger partial charge on any atom is 0.198 e. The molecule has 0 aliphatic carbocycles. The summed E-state index contributed by atoms with van der Waals surface area (Å²) in [6.45, 7) is 2.37. The second-order valence-electron chi connectivity index (χ2n) is 4.20. The van der Waals surface area contributed by atoms with Crippen LogP contribution in [0.15, 0.2) is 4.42 Å². The van der Waals surface area contributed by atoms with Crippen LogP contribution < -0.4 is 5.73 Å². The van der Waals surface area contributed by atoms with E-state index in [0.717, 1.165) is 11.5 Å². The van der Waals surface area contributed by atoms with Crippen LogP contribution in [0.4, 0.5) is 0 Å². The van der Waals surface area contributed by atoms with Crippen molar-refractivity contribution in [2.45, 2.75) is 25.7 Å². The third-order valence-electron chi connectivity index (χ3n) is 2.86. The summed E-state index contributed by atoms with van der Waals surface area (Å²) in [7, 11) is -2.88. The lowest BCUT2D eigenvalue weighted by Crippen LogP contribution is -2.04. The van der Waals surface area contributed by atoms with Gasteiger partial charge in [-0.25, -0.2) is 13.4 Å². The first-order valence-corrected chi connectivity index (χ1v) is 7.20. The zero-order valence-corrected chi connectivity index (χ0v) is 10.1. The fourth-order valence-electron chi connectivity index (χ4n) is 1.98. The van der Waals surface area contributed by atoms with Crippen molar-refractivity contribution in [3.63, 3.8) is 0 Å². The Morgan fingerprint density at radius 1 is 1.56 bits per heavy atom. The summed E-state index contributed by atoms with van der Waals surface area (Å²) in [6, 6.07) is 0. The molecular weight excluding hydrogens is 228 g/mol. The van der Waals surface area contributed by atoms with Crippen molar-refractivity contribution in [3.8, 4) is 0 Å². The molecule has 1 aliphatic heterocycles. The molecule has 0 saturated carbocycles. The summed E-state index contributed by atoms with van der Waals surface area (Å²) < 4.78 is 28.3. The molecular formula is C10H16N2O3S. The molecule has 6 heteroatoms. The lowest BCUT2D eigenvalue weighted by atomic mass is 10.1. The fourth-order valence-corrected chi connectivity index (χ4v) is 3.71. The first kappa shape index (κ1) is 11.6. The average molecular weight is 244 g/mol. The third-order valence-corrected chi connectivity index (χ3v) is 4.63. The van der Waals surface area contributed by atoms with Crippen molar-refractivity contribution in [2.75, 3.05) is 18.1 Å². The minimum Gasteiger partial charge on any atom is -0.445 e. The first-order valence-electron chi connectivity index (χ1n) is 5.38. The Kier molecular flexibility index (Phi) is 3.03. The Labute approximate surface area is 95.0 Å². The highest BCUT2D eigenvalue weighted by molar-refractivity contribution is 7.91. The Hall–Kier alpha value is -0.880. The van der Waals surface area contributed by atoms with E-state index in [-0.39, 0.29) is 17.4 Å². The van der Waals surface area contributed by atoms with Gasteiger partial charge in [-0.1, -0.05) is 0 Å². The van der Waals surface area contributed by atoms with Crippen LogP contribution in [0.2, 0.25) is 0 Å². The van der Waals surface area contributed by atoms with E-state index in [1.54, 1.807) is 0 Å². The van der Waals surface area contributed by atoms with E-state index < -0.39 is 9.84 Å². The molecule has 0 bridgehead atoms. The highest BCUT2D eigenvalue weighted by Gasteiger charge is 2.32. The number of rotatable bonds is 3. The Bertz CT molecular complexity index is 478. The number of sulfone groups is 1. The van der Waals surface area contributed by atoms with Crippen LogP contribution in [0.3, 0.4) is 0 Å². The summed E-state index contributed by atoms with van der Waals surface area (Å²) in [5, 5.41) is 0. The highest BCUT2D eigenvalue weighted by atomic mass is 32.2. The van der Waals surface area contributed by atoms with Crippen molar-refractivity contribution in [2.24, 2.45) is 5.73 Å². The summed E-state index contributed by atoms with van der Waals surface area (Å²) in [5.41, 5.74) is 6.28. The Morgan fingerprint density at radius 3 is 2.88 bits per heavy atom. The topological polar surface area (TPSA) is 86.2 Å². The molecule has 90 valence electrons. The smallest absolute Gasteiger partial charge is 0.198 e. The van der Waals surface area contributed by atoms with Crippen LogP contribution in [0.5, 0.6) is 0 Å². The molecule has 2 N–H and O–H groups in total. The van der Waals surface area contributed by atoms with Crippen LogP contribution in [0.25, 0.3) is 0 Å². The van der Waals surface area contributed by atoms with Gasteiger partial charge in [0.2, 0.25) is 0 Å². The number of nitrogens with two attached hydrogens (primary N) is 1. The molecule has 2 heterocycles. The van der Waals surface area contributed by atoms with Gasteiger partial charge in [0, 0.05) is 6.42 Å². The van der Waals surface area contributed by atoms with E-state index >= 15 is 0 Å². The van der Waals surface area contributed by atoms with Gasteiger partial charge in [0.15, 0.2) is 15.7 Å². The van der Waals surface area contributed by atoms with Gasteiger partial charge in [-0.15, -0.1) is 0 Å². The van der Waals surface area contributed by atoms with E-state index in [4.69, 9.17) is 10.2 Å². The lowest BCUT2D eigenvalue weighted by molar-refractivity contribution is 0.429. The number of oxazole rings is 1. The van der Waals surface area contributed by atoms with Gasteiger partial charge in [-0.05, 0) is 19.9 Å². The van der Waals surface area contributed by atoms with E-state index in [0.29, 0.717) is 25.3 Å². The number of hydrogen-bond acceptors (Lipinski definition) is 5. The molecule has 1 unspecified atom stereocenters. The maximum absolute atomic E-state index is 11.3. The number of hydrogen-bond donors (Lipinski definition) is 1. The SMILES string of the molecule is Cc1nc(C2CCS(=O)(=O)C2)oc1CCN. The molecule has 5 nitrogen and oxygen atoms in total. The van der Waals surface area contributed by atoms with Gasteiger partial charge in [0.25, 0.3) is 0 Å². The molecule has 0 radical (unpaired) electrons. The standard InChI is InChI=1S/C10H16N2O3S/c1-7-9(2-4-11)15-10(12-7)8-3-5-16(13,14)6-8/h8H,2-6,11H2,1H3. The quantitative estimate of drug-likeness (QED) is 0.831. The van der Waals surface area contributed by atoms with Crippen molar-refractivity contribution >= 4 is 9.84 Å². The summed E-state index contributed by atoms with van der Waals surface area (Å²) in [5.74, 6) is 1.67. The Morgan fingerprint density at radius 2 is 2.31 bits per heavy atom. The number of aryl methyl sites for hydroxylation is 1. The second kappa shape index (κ2) is 4.18. The van der Waals surface area contributed by atoms with Crippen molar-refractivity contribution in [1.29, 1.82) is 0 Å². The molecule has 1 saturated heterocycles. The van der Waals surface area contributed by atoms with Crippen LogP contribution >= 0.6 is 0 Å². The predicted molar refractivity (Wildman–Crippen MR) is 60.0 cm³/mol. The van der Waals surface area contributed by atoms with Crippen LogP contribution in [0.1, 0.15) is 29.7 Å². The lowest BCUT2D eigenvalue weighted by Gasteiger charge is -2.00. The minimum absolute atomic E-state index is 0.0739. The fraction of sp³-hybridized carbons (Fsp3) is 0.700. The van der Waals surface area contributed by atoms with Gasteiger partial charge in [0.1, 0.15) is 5.76 Å². The summed E-state index contributed by atoms with van der Waals surface area (Å²) >= 11 is 0. The zero-order valence-electron chi connectivity index (χ0n) is 9.27. The van der Waals surface area contributed by atoms with Gasteiger partial charge < -0.3 is 10.2 Å². The van der Waals surface area contributed by atoms with E-state index in [2.05, 4.69) is 4.98 Å². The first-order chi connectivity index (χ1) is 7.52. The summed E-state index contributed by atoms with van der Waals surface area (Å²) in [6.07, 6.45) is 1.27. The molecule has 0 amide bonds. The molecule has 16 heavy (non-hydrogen) atoms. The molecule has 2 rings (SSSR count). The molecule has 0 aromatic carbocycles. The predicted octanol–water partition coefficient (Wildman–Crippen LogP) is 0.386. The third kappa shape index (κ3) is 2.27.